The molecule has 0 aromatic carbocycles. The Hall–Kier alpha value is -1.62. The average Bonchev–Trinajstić information content (AvgIpc) is 2.46. The number of hydrogen-bond donors (Lipinski definition) is 2. The van der Waals surface area contributed by atoms with Gasteiger partial charge in [0.05, 0.1) is 5.56 Å². The molecule has 1 aromatic rings. The number of carbonyl (C=O) groups is 1. The van der Waals surface area contributed by atoms with Gasteiger partial charge in [-0.05, 0) is 30.9 Å². The van der Waals surface area contributed by atoms with Crippen molar-refractivity contribution < 1.29 is 4.79 Å². The molecule has 0 bridgehead atoms. The molecule has 2 atom stereocenters. The van der Waals surface area contributed by atoms with E-state index in [4.69, 9.17) is 11.5 Å². The van der Waals surface area contributed by atoms with Crippen LogP contribution in [0.2, 0.25) is 0 Å². The van der Waals surface area contributed by atoms with Crippen LogP contribution >= 0.6 is 0 Å². The van der Waals surface area contributed by atoms with E-state index in [9.17, 15) is 4.79 Å². The van der Waals surface area contributed by atoms with E-state index in [0.29, 0.717) is 23.8 Å². The van der Waals surface area contributed by atoms with Crippen molar-refractivity contribution in [3.8, 4) is 0 Å². The summed E-state index contributed by atoms with van der Waals surface area (Å²) < 4.78 is 0. The van der Waals surface area contributed by atoms with Crippen LogP contribution in [-0.4, -0.2) is 30.0 Å². The SMILES string of the molecule is CCC1CCN(c2ncccc2C(N)=O)C(CN)C1. The summed E-state index contributed by atoms with van der Waals surface area (Å²) in [4.78, 5) is 18.0. The molecule has 1 amide bonds. The van der Waals surface area contributed by atoms with Gasteiger partial charge in [-0.15, -0.1) is 0 Å². The second-order valence-electron chi connectivity index (χ2n) is 5.12. The van der Waals surface area contributed by atoms with Crippen molar-refractivity contribution in [2.24, 2.45) is 17.4 Å². The van der Waals surface area contributed by atoms with Gasteiger partial charge in [-0.1, -0.05) is 13.3 Å². The van der Waals surface area contributed by atoms with Crippen molar-refractivity contribution >= 4 is 11.7 Å². The minimum absolute atomic E-state index is 0.242. The number of pyridine rings is 1. The number of primary amides is 1. The molecule has 0 spiro atoms. The number of piperidine rings is 1. The van der Waals surface area contributed by atoms with E-state index in [0.717, 1.165) is 19.4 Å². The smallest absolute Gasteiger partial charge is 0.252 e. The molecule has 0 aliphatic carbocycles. The van der Waals surface area contributed by atoms with Gasteiger partial charge >= 0.3 is 0 Å². The number of aromatic nitrogens is 1. The maximum Gasteiger partial charge on any atom is 0.252 e. The summed E-state index contributed by atoms with van der Waals surface area (Å²) in [6.45, 7) is 3.67. The van der Waals surface area contributed by atoms with Crippen LogP contribution in [0.3, 0.4) is 0 Å². The lowest BCUT2D eigenvalue weighted by Crippen LogP contribution is -2.47. The highest BCUT2D eigenvalue weighted by Crippen LogP contribution is 2.29. The molecule has 2 heterocycles. The van der Waals surface area contributed by atoms with Crippen LogP contribution in [-0.2, 0) is 0 Å². The molecule has 1 fully saturated rings. The Morgan fingerprint density at radius 3 is 3.00 bits per heavy atom. The maximum absolute atomic E-state index is 11.5. The summed E-state index contributed by atoms with van der Waals surface area (Å²) in [5, 5.41) is 0. The van der Waals surface area contributed by atoms with E-state index in [1.165, 1.54) is 6.42 Å². The van der Waals surface area contributed by atoms with E-state index in [1.807, 2.05) is 0 Å². The molecule has 5 nitrogen and oxygen atoms in total. The fraction of sp³-hybridized carbons (Fsp3) is 0.571. The molecule has 19 heavy (non-hydrogen) atoms. The Morgan fingerprint density at radius 1 is 1.58 bits per heavy atom. The van der Waals surface area contributed by atoms with E-state index < -0.39 is 5.91 Å². The Bertz CT molecular complexity index is 449. The molecule has 0 radical (unpaired) electrons. The van der Waals surface area contributed by atoms with Crippen LogP contribution in [0.4, 0.5) is 5.82 Å². The predicted octanol–water partition coefficient (Wildman–Crippen LogP) is 1.13. The van der Waals surface area contributed by atoms with Crippen molar-refractivity contribution in [1.82, 2.24) is 4.98 Å². The number of carbonyl (C=O) groups excluding carboxylic acids is 1. The predicted molar refractivity (Wildman–Crippen MR) is 76.0 cm³/mol. The zero-order valence-corrected chi connectivity index (χ0v) is 11.4. The monoisotopic (exact) mass is 262 g/mol. The van der Waals surface area contributed by atoms with Gasteiger partial charge in [0.25, 0.3) is 5.91 Å². The largest absolute Gasteiger partial charge is 0.365 e. The molecular weight excluding hydrogens is 240 g/mol. The molecular formula is C14H22N4O. The van der Waals surface area contributed by atoms with Gasteiger partial charge in [0.15, 0.2) is 0 Å². The molecule has 2 rings (SSSR count). The first kappa shape index (κ1) is 13.8. The van der Waals surface area contributed by atoms with Gasteiger partial charge in [-0.25, -0.2) is 4.98 Å². The van der Waals surface area contributed by atoms with E-state index >= 15 is 0 Å². The third kappa shape index (κ3) is 2.87. The Morgan fingerprint density at radius 2 is 2.37 bits per heavy atom. The number of anilines is 1. The van der Waals surface area contributed by atoms with Crippen LogP contribution in [0.25, 0.3) is 0 Å². The van der Waals surface area contributed by atoms with Crippen molar-refractivity contribution in [3.63, 3.8) is 0 Å². The Kier molecular flexibility index (Phi) is 4.37. The van der Waals surface area contributed by atoms with E-state index in [2.05, 4.69) is 16.8 Å². The highest BCUT2D eigenvalue weighted by molar-refractivity contribution is 5.97. The quantitative estimate of drug-likeness (QED) is 0.852. The van der Waals surface area contributed by atoms with E-state index in [1.54, 1.807) is 18.3 Å². The summed E-state index contributed by atoms with van der Waals surface area (Å²) in [6.07, 6.45) is 5.04. The average molecular weight is 262 g/mol. The third-order valence-corrected chi connectivity index (χ3v) is 4.00. The first-order valence-corrected chi connectivity index (χ1v) is 6.88. The minimum Gasteiger partial charge on any atom is -0.365 e. The van der Waals surface area contributed by atoms with Gasteiger partial charge in [-0.2, -0.15) is 0 Å². The van der Waals surface area contributed by atoms with Gasteiger partial charge in [-0.3, -0.25) is 4.79 Å². The van der Waals surface area contributed by atoms with Gasteiger partial charge in [0.1, 0.15) is 5.82 Å². The summed E-state index contributed by atoms with van der Waals surface area (Å²) in [7, 11) is 0. The lowest BCUT2D eigenvalue weighted by Gasteiger charge is -2.40. The molecule has 2 unspecified atom stereocenters. The fourth-order valence-corrected chi connectivity index (χ4v) is 2.83. The zero-order chi connectivity index (χ0) is 13.8. The number of nitrogens with two attached hydrogens (primary N) is 2. The van der Waals surface area contributed by atoms with Crippen LogP contribution in [0.1, 0.15) is 36.5 Å². The molecule has 1 saturated heterocycles. The molecule has 104 valence electrons. The number of amides is 1. The molecule has 1 aromatic heterocycles. The standard InChI is InChI=1S/C14H22N4O/c1-2-10-5-7-18(11(8-10)9-15)14-12(13(16)19)4-3-6-17-14/h3-4,6,10-11H,2,5,7-9,15H2,1H3,(H2,16,19). The van der Waals surface area contributed by atoms with Crippen LogP contribution < -0.4 is 16.4 Å². The van der Waals surface area contributed by atoms with Crippen LogP contribution in [0.15, 0.2) is 18.3 Å². The first-order valence-electron chi connectivity index (χ1n) is 6.88. The van der Waals surface area contributed by atoms with Gasteiger partial charge < -0.3 is 16.4 Å². The number of hydrogen-bond acceptors (Lipinski definition) is 4. The van der Waals surface area contributed by atoms with Gasteiger partial charge in [0.2, 0.25) is 0 Å². The number of rotatable bonds is 4. The number of nitrogens with zero attached hydrogens (tertiary/aromatic N) is 2. The molecule has 1 aliphatic rings. The minimum atomic E-state index is -0.434. The third-order valence-electron chi connectivity index (χ3n) is 4.00. The summed E-state index contributed by atoms with van der Waals surface area (Å²) in [5.74, 6) is 0.960. The highest BCUT2D eigenvalue weighted by atomic mass is 16.1. The fourth-order valence-electron chi connectivity index (χ4n) is 2.83. The van der Waals surface area contributed by atoms with Crippen molar-refractivity contribution in [1.29, 1.82) is 0 Å². The van der Waals surface area contributed by atoms with Crippen molar-refractivity contribution in [2.45, 2.75) is 32.2 Å². The summed E-state index contributed by atoms with van der Waals surface area (Å²) in [6, 6.07) is 3.70. The van der Waals surface area contributed by atoms with Crippen LogP contribution in [0, 0.1) is 5.92 Å². The molecule has 0 saturated carbocycles. The highest BCUT2D eigenvalue weighted by Gasteiger charge is 2.29. The normalized spacial score (nSPS) is 23.4. The van der Waals surface area contributed by atoms with Crippen molar-refractivity contribution in [3.05, 3.63) is 23.9 Å². The molecule has 5 heteroatoms. The summed E-state index contributed by atoms with van der Waals surface area (Å²) in [5.41, 5.74) is 11.8. The van der Waals surface area contributed by atoms with Crippen LogP contribution in [0.5, 0.6) is 0 Å². The lowest BCUT2D eigenvalue weighted by atomic mass is 9.88. The lowest BCUT2D eigenvalue weighted by molar-refractivity contribution is 0.1000. The second-order valence-corrected chi connectivity index (χ2v) is 5.12. The zero-order valence-electron chi connectivity index (χ0n) is 11.4. The summed E-state index contributed by atoms with van der Waals surface area (Å²) >= 11 is 0. The Labute approximate surface area is 114 Å². The second kappa shape index (κ2) is 6.02. The topological polar surface area (TPSA) is 85.2 Å². The molecule has 4 N–H and O–H groups in total. The molecule has 1 aliphatic heterocycles. The first-order chi connectivity index (χ1) is 9.17. The van der Waals surface area contributed by atoms with Crippen molar-refractivity contribution in [2.75, 3.05) is 18.0 Å². The van der Waals surface area contributed by atoms with E-state index in [-0.39, 0.29) is 6.04 Å². The van der Waals surface area contributed by atoms with Gasteiger partial charge in [0, 0.05) is 25.3 Å². The maximum atomic E-state index is 11.5. The Balaban J connectivity index is 2.28.